The lowest BCUT2D eigenvalue weighted by Crippen LogP contribution is -2.33. The minimum Gasteiger partial charge on any atom is -0.343 e. The summed E-state index contributed by atoms with van der Waals surface area (Å²) in [5.41, 5.74) is 1.07. The summed E-state index contributed by atoms with van der Waals surface area (Å²) in [5.74, 6) is -1.21. The number of anilines is 2. The number of benzene rings is 2. The van der Waals surface area contributed by atoms with E-state index >= 15 is 0 Å². The topological polar surface area (TPSA) is 87.3 Å². The normalized spacial score (nSPS) is 10.2. The van der Waals surface area contributed by atoms with E-state index in [1.165, 1.54) is 31.2 Å². The molecule has 0 unspecified atom stereocenters. The number of nitrogens with one attached hydrogen (secondary N) is 3. The summed E-state index contributed by atoms with van der Waals surface area (Å²) in [5, 5.41) is 8.48. The van der Waals surface area contributed by atoms with Crippen molar-refractivity contribution in [2.75, 3.05) is 17.2 Å². The lowest BCUT2D eigenvalue weighted by molar-refractivity contribution is -0.115. The van der Waals surface area contributed by atoms with Gasteiger partial charge in [0, 0.05) is 17.6 Å². The van der Waals surface area contributed by atoms with E-state index in [1.54, 1.807) is 12.1 Å². The summed E-state index contributed by atoms with van der Waals surface area (Å²) in [7, 11) is 0. The first-order chi connectivity index (χ1) is 12.3. The molecule has 2 aromatic rings. The molecule has 0 saturated heterocycles. The van der Waals surface area contributed by atoms with Crippen molar-refractivity contribution in [3.05, 3.63) is 57.0 Å². The molecule has 0 aliphatic heterocycles. The van der Waals surface area contributed by atoms with Gasteiger partial charge in [0.15, 0.2) is 0 Å². The van der Waals surface area contributed by atoms with Gasteiger partial charge in [-0.25, -0.2) is 0 Å². The van der Waals surface area contributed by atoms with E-state index in [0.29, 0.717) is 16.4 Å². The van der Waals surface area contributed by atoms with E-state index < -0.39 is 11.8 Å². The molecular formula is C17H14Cl3N3O3. The van der Waals surface area contributed by atoms with Crippen LogP contribution in [-0.4, -0.2) is 24.3 Å². The fourth-order valence-electron chi connectivity index (χ4n) is 2.02. The van der Waals surface area contributed by atoms with Gasteiger partial charge >= 0.3 is 0 Å². The highest BCUT2D eigenvalue weighted by molar-refractivity contribution is 6.36. The molecule has 3 N–H and O–H groups in total. The Morgan fingerprint density at radius 2 is 1.65 bits per heavy atom. The third kappa shape index (κ3) is 5.62. The van der Waals surface area contributed by atoms with Gasteiger partial charge in [-0.05, 0) is 36.4 Å². The molecule has 0 saturated carbocycles. The molecule has 6 nitrogen and oxygen atoms in total. The van der Waals surface area contributed by atoms with Crippen LogP contribution in [0.2, 0.25) is 15.1 Å². The van der Waals surface area contributed by atoms with Crippen molar-refractivity contribution < 1.29 is 14.4 Å². The second-order valence-electron chi connectivity index (χ2n) is 5.23. The molecule has 0 heterocycles. The number of amides is 3. The van der Waals surface area contributed by atoms with Crippen molar-refractivity contribution in [1.29, 1.82) is 0 Å². The maximum absolute atomic E-state index is 12.1. The number of hydrogen-bond donors (Lipinski definition) is 3. The van der Waals surface area contributed by atoms with Crippen LogP contribution in [0.4, 0.5) is 11.4 Å². The van der Waals surface area contributed by atoms with Crippen LogP contribution < -0.4 is 16.0 Å². The van der Waals surface area contributed by atoms with E-state index in [4.69, 9.17) is 34.8 Å². The van der Waals surface area contributed by atoms with Gasteiger partial charge in [0.05, 0.1) is 27.8 Å². The predicted octanol–water partition coefficient (Wildman–Crippen LogP) is 3.97. The molecule has 26 heavy (non-hydrogen) atoms. The van der Waals surface area contributed by atoms with E-state index in [1.807, 2.05) is 0 Å². The molecule has 0 aromatic heterocycles. The fourth-order valence-corrected chi connectivity index (χ4v) is 2.74. The van der Waals surface area contributed by atoms with Crippen LogP contribution in [0.25, 0.3) is 0 Å². The summed E-state index contributed by atoms with van der Waals surface area (Å²) < 4.78 is 0. The first-order valence-corrected chi connectivity index (χ1v) is 8.50. The van der Waals surface area contributed by atoms with Crippen molar-refractivity contribution in [3.63, 3.8) is 0 Å². The minimum atomic E-state index is -0.499. The van der Waals surface area contributed by atoms with E-state index in [2.05, 4.69) is 16.0 Å². The first-order valence-electron chi connectivity index (χ1n) is 7.36. The molecule has 2 aromatic carbocycles. The number of halogens is 3. The van der Waals surface area contributed by atoms with Crippen molar-refractivity contribution in [2.45, 2.75) is 6.92 Å². The Kier molecular flexibility index (Phi) is 6.85. The smallest absolute Gasteiger partial charge is 0.253 e. The molecule has 3 amide bonds. The molecule has 0 aliphatic carbocycles. The van der Waals surface area contributed by atoms with Crippen molar-refractivity contribution in [2.24, 2.45) is 0 Å². The highest BCUT2D eigenvalue weighted by atomic mass is 35.5. The molecule has 0 fully saturated rings. The Morgan fingerprint density at radius 1 is 0.923 bits per heavy atom. The van der Waals surface area contributed by atoms with Gasteiger partial charge in [-0.3, -0.25) is 14.4 Å². The van der Waals surface area contributed by atoms with Crippen molar-refractivity contribution in [3.8, 4) is 0 Å². The summed E-state index contributed by atoms with van der Waals surface area (Å²) in [4.78, 5) is 35.1. The highest BCUT2D eigenvalue weighted by Gasteiger charge is 2.12. The van der Waals surface area contributed by atoms with Gasteiger partial charge in [0.25, 0.3) is 5.91 Å². The largest absolute Gasteiger partial charge is 0.343 e. The molecule has 0 radical (unpaired) electrons. The van der Waals surface area contributed by atoms with Crippen LogP contribution >= 0.6 is 34.8 Å². The summed E-state index contributed by atoms with van der Waals surface area (Å²) in [6.45, 7) is 1.10. The number of carbonyl (C=O) groups is 3. The minimum absolute atomic E-state index is 0.191. The SMILES string of the molecule is CC(=O)Nc1ccc(NC(=O)CNC(=O)c2ccc(Cl)cc2Cl)cc1Cl. The third-order valence-electron chi connectivity index (χ3n) is 3.15. The van der Waals surface area contributed by atoms with Gasteiger partial charge in [0.1, 0.15) is 0 Å². The van der Waals surface area contributed by atoms with Crippen LogP contribution in [0.3, 0.4) is 0 Å². The van der Waals surface area contributed by atoms with Crippen LogP contribution in [0.15, 0.2) is 36.4 Å². The molecule has 0 bridgehead atoms. The Bertz CT molecular complexity index is 872. The van der Waals surface area contributed by atoms with E-state index in [9.17, 15) is 14.4 Å². The Hall–Kier alpha value is -2.28. The van der Waals surface area contributed by atoms with Gasteiger partial charge < -0.3 is 16.0 Å². The van der Waals surface area contributed by atoms with E-state index in [-0.39, 0.29) is 28.1 Å². The van der Waals surface area contributed by atoms with Gasteiger partial charge in [-0.15, -0.1) is 0 Å². The monoisotopic (exact) mass is 413 g/mol. The third-order valence-corrected chi connectivity index (χ3v) is 4.01. The molecule has 0 aliphatic rings. The number of carbonyl (C=O) groups excluding carboxylic acids is 3. The highest BCUT2D eigenvalue weighted by Crippen LogP contribution is 2.25. The second-order valence-corrected chi connectivity index (χ2v) is 6.48. The quantitative estimate of drug-likeness (QED) is 0.692. The molecule has 0 atom stereocenters. The van der Waals surface area contributed by atoms with Crippen LogP contribution in [0, 0.1) is 0 Å². The average Bonchev–Trinajstić information content (AvgIpc) is 2.55. The summed E-state index contributed by atoms with van der Waals surface area (Å²) in [6.07, 6.45) is 0. The van der Waals surface area contributed by atoms with Crippen LogP contribution in [0.1, 0.15) is 17.3 Å². The second kappa shape index (κ2) is 8.89. The maximum Gasteiger partial charge on any atom is 0.253 e. The lowest BCUT2D eigenvalue weighted by atomic mass is 10.2. The van der Waals surface area contributed by atoms with Crippen LogP contribution in [-0.2, 0) is 9.59 Å². The van der Waals surface area contributed by atoms with Crippen molar-refractivity contribution >= 4 is 63.9 Å². The molecule has 0 spiro atoms. The fraction of sp³-hybridized carbons (Fsp3) is 0.118. The predicted molar refractivity (Wildman–Crippen MR) is 103 cm³/mol. The van der Waals surface area contributed by atoms with Gasteiger partial charge in [0.2, 0.25) is 11.8 Å². The molecular weight excluding hydrogens is 401 g/mol. The lowest BCUT2D eigenvalue weighted by Gasteiger charge is -2.10. The summed E-state index contributed by atoms with van der Waals surface area (Å²) in [6, 6.07) is 9.07. The summed E-state index contributed by atoms with van der Waals surface area (Å²) >= 11 is 17.8. The van der Waals surface area contributed by atoms with Gasteiger partial charge in [-0.1, -0.05) is 34.8 Å². The number of rotatable bonds is 5. The van der Waals surface area contributed by atoms with Crippen LogP contribution in [0.5, 0.6) is 0 Å². The molecule has 2 rings (SSSR count). The molecule has 9 heteroatoms. The zero-order valence-corrected chi connectivity index (χ0v) is 15.8. The average molecular weight is 415 g/mol. The Balaban J connectivity index is 1.93. The standard InChI is InChI=1S/C17H14Cl3N3O3/c1-9(24)22-15-5-3-11(7-14(15)20)23-16(25)8-21-17(26)12-4-2-10(18)6-13(12)19/h2-7H,8H2,1H3,(H,21,26)(H,22,24)(H,23,25). The Labute approximate surface area is 164 Å². The van der Waals surface area contributed by atoms with Crippen molar-refractivity contribution in [1.82, 2.24) is 5.32 Å². The zero-order chi connectivity index (χ0) is 19.3. The van der Waals surface area contributed by atoms with Gasteiger partial charge in [-0.2, -0.15) is 0 Å². The number of hydrogen-bond acceptors (Lipinski definition) is 3. The zero-order valence-electron chi connectivity index (χ0n) is 13.5. The van der Waals surface area contributed by atoms with E-state index in [0.717, 1.165) is 0 Å². The Morgan fingerprint density at radius 3 is 2.27 bits per heavy atom. The first kappa shape index (κ1) is 20.0. The molecule has 136 valence electrons. The maximum atomic E-state index is 12.1.